The molecule has 2 N–H and O–H groups in total. The lowest BCUT2D eigenvalue weighted by Gasteiger charge is -2.14. The number of aromatic nitrogens is 2. The van der Waals surface area contributed by atoms with E-state index in [1.807, 2.05) is 18.8 Å². The van der Waals surface area contributed by atoms with Crippen molar-refractivity contribution < 1.29 is 0 Å². The summed E-state index contributed by atoms with van der Waals surface area (Å²) in [5.74, 6) is 0.818. The number of hydrogen-bond donors (Lipinski definition) is 2. The summed E-state index contributed by atoms with van der Waals surface area (Å²) < 4.78 is 2.00. The first-order valence-electron chi connectivity index (χ1n) is 9.19. The van der Waals surface area contributed by atoms with Crippen LogP contribution >= 0.6 is 0 Å². The molecule has 0 radical (unpaired) electrons. The Labute approximate surface area is 151 Å². The maximum Gasteiger partial charge on any atom is 0.191 e. The van der Waals surface area contributed by atoms with E-state index >= 15 is 0 Å². The van der Waals surface area contributed by atoms with E-state index in [4.69, 9.17) is 0 Å². The number of aliphatic imine (C=N–C) groups is 1. The van der Waals surface area contributed by atoms with Crippen LogP contribution in [0.15, 0.2) is 29.3 Å². The Morgan fingerprint density at radius 2 is 1.68 bits per heavy atom. The lowest BCUT2D eigenvalue weighted by molar-refractivity contribution is 0.702. The molecule has 1 heterocycles. The highest BCUT2D eigenvalue weighted by Crippen LogP contribution is 2.15. The molecule has 2 rings (SSSR count). The molecule has 5 nitrogen and oxygen atoms in total. The zero-order valence-corrected chi connectivity index (χ0v) is 16.2. The van der Waals surface area contributed by atoms with Crippen LogP contribution in [0, 0.1) is 0 Å². The summed E-state index contributed by atoms with van der Waals surface area (Å²) >= 11 is 0. The molecule has 136 valence electrons. The van der Waals surface area contributed by atoms with Gasteiger partial charge in [0.25, 0.3) is 0 Å². The van der Waals surface area contributed by atoms with Gasteiger partial charge >= 0.3 is 0 Å². The standard InChI is InChI=1S/C20H31N5/c1-6-15-11-9-10-12-16(15)13-22-20(21-4)23-14-17-18(7-2)24-25(5)19(17)8-3/h9-12H,6-8,13-14H2,1-5H3,(H2,21,22,23). The molecule has 1 aromatic carbocycles. The van der Waals surface area contributed by atoms with Gasteiger partial charge in [0.05, 0.1) is 5.69 Å². The van der Waals surface area contributed by atoms with Crippen LogP contribution < -0.4 is 10.6 Å². The molecule has 1 aromatic heterocycles. The summed E-state index contributed by atoms with van der Waals surface area (Å²) in [5.41, 5.74) is 6.44. The first-order valence-corrected chi connectivity index (χ1v) is 9.19. The van der Waals surface area contributed by atoms with Crippen molar-refractivity contribution in [3.8, 4) is 0 Å². The molecule has 0 atom stereocenters. The van der Waals surface area contributed by atoms with E-state index < -0.39 is 0 Å². The van der Waals surface area contributed by atoms with Gasteiger partial charge in [-0.25, -0.2) is 0 Å². The number of nitrogens with zero attached hydrogens (tertiary/aromatic N) is 3. The van der Waals surface area contributed by atoms with E-state index in [-0.39, 0.29) is 0 Å². The first kappa shape index (κ1) is 19.0. The molecule has 0 aliphatic rings. The van der Waals surface area contributed by atoms with Crippen molar-refractivity contribution in [3.63, 3.8) is 0 Å². The van der Waals surface area contributed by atoms with E-state index in [2.05, 4.69) is 65.8 Å². The van der Waals surface area contributed by atoms with Gasteiger partial charge in [-0.15, -0.1) is 0 Å². The highest BCUT2D eigenvalue weighted by molar-refractivity contribution is 5.79. The molecule has 0 aliphatic carbocycles. The number of hydrogen-bond acceptors (Lipinski definition) is 2. The SMILES string of the molecule is CCc1ccccc1CNC(=NC)NCc1c(CC)nn(C)c1CC. The summed E-state index contributed by atoms with van der Waals surface area (Å²) in [6.45, 7) is 8.04. The molecule has 0 saturated heterocycles. The minimum absolute atomic E-state index is 0.745. The van der Waals surface area contributed by atoms with Crippen molar-refractivity contribution >= 4 is 5.96 Å². The summed E-state index contributed by atoms with van der Waals surface area (Å²) in [4.78, 5) is 4.36. The van der Waals surface area contributed by atoms with Gasteiger partial charge in [0.1, 0.15) is 0 Å². The van der Waals surface area contributed by atoms with E-state index in [9.17, 15) is 0 Å². The van der Waals surface area contributed by atoms with Crippen molar-refractivity contribution in [1.29, 1.82) is 0 Å². The molecule has 5 heteroatoms. The normalized spacial score (nSPS) is 11.6. The van der Waals surface area contributed by atoms with Gasteiger partial charge < -0.3 is 10.6 Å². The van der Waals surface area contributed by atoms with Crippen molar-refractivity contribution in [3.05, 3.63) is 52.3 Å². The Morgan fingerprint density at radius 3 is 2.28 bits per heavy atom. The van der Waals surface area contributed by atoms with Crippen LogP contribution in [0.3, 0.4) is 0 Å². The van der Waals surface area contributed by atoms with Crippen molar-refractivity contribution in [1.82, 2.24) is 20.4 Å². The Bertz CT molecular complexity index is 715. The summed E-state index contributed by atoms with van der Waals surface area (Å²) in [6, 6.07) is 8.54. The van der Waals surface area contributed by atoms with E-state index in [1.54, 1.807) is 0 Å². The van der Waals surface area contributed by atoms with Crippen LogP contribution in [-0.2, 0) is 39.4 Å². The average Bonchev–Trinajstić information content (AvgIpc) is 2.96. The smallest absolute Gasteiger partial charge is 0.191 e. The lowest BCUT2D eigenvalue weighted by Crippen LogP contribution is -2.36. The molecule has 0 spiro atoms. The first-order chi connectivity index (χ1) is 12.1. The molecular formula is C20H31N5. The predicted octanol–water partition coefficient (Wildman–Crippen LogP) is 2.97. The van der Waals surface area contributed by atoms with Gasteiger partial charge in [0.2, 0.25) is 0 Å². The topological polar surface area (TPSA) is 54.2 Å². The van der Waals surface area contributed by atoms with Gasteiger partial charge in [-0.3, -0.25) is 9.67 Å². The van der Waals surface area contributed by atoms with E-state index in [0.29, 0.717) is 0 Å². The number of aryl methyl sites for hydroxylation is 3. The lowest BCUT2D eigenvalue weighted by atomic mass is 10.1. The summed E-state index contributed by atoms with van der Waals surface area (Å²) in [7, 11) is 3.84. The van der Waals surface area contributed by atoms with Gasteiger partial charge in [0.15, 0.2) is 5.96 Å². The van der Waals surface area contributed by atoms with Crippen LogP contribution in [0.4, 0.5) is 0 Å². The van der Waals surface area contributed by atoms with Crippen molar-refractivity contribution in [2.75, 3.05) is 7.05 Å². The quantitative estimate of drug-likeness (QED) is 0.601. The molecule has 0 saturated carbocycles. The Kier molecular flexibility index (Phi) is 7.04. The fraction of sp³-hybridized carbons (Fsp3) is 0.500. The maximum absolute atomic E-state index is 4.64. The number of nitrogens with one attached hydrogen (secondary N) is 2. The highest BCUT2D eigenvalue weighted by Gasteiger charge is 2.13. The predicted molar refractivity (Wildman–Crippen MR) is 105 cm³/mol. The second-order valence-corrected chi connectivity index (χ2v) is 6.10. The fourth-order valence-electron chi connectivity index (χ4n) is 3.24. The maximum atomic E-state index is 4.64. The van der Waals surface area contributed by atoms with Gasteiger partial charge in [-0.05, 0) is 30.4 Å². The Morgan fingerprint density at radius 1 is 1.00 bits per heavy atom. The number of benzene rings is 1. The zero-order chi connectivity index (χ0) is 18.2. The Hall–Kier alpha value is -2.30. The fourth-order valence-corrected chi connectivity index (χ4v) is 3.24. The monoisotopic (exact) mass is 341 g/mol. The Balaban J connectivity index is 2.02. The van der Waals surface area contributed by atoms with Gasteiger partial charge in [-0.1, -0.05) is 45.0 Å². The van der Waals surface area contributed by atoms with Crippen LogP contribution in [0.25, 0.3) is 0 Å². The van der Waals surface area contributed by atoms with Crippen LogP contribution in [0.1, 0.15) is 48.8 Å². The molecule has 0 unspecified atom stereocenters. The minimum Gasteiger partial charge on any atom is -0.352 e. The second kappa shape index (κ2) is 9.25. The van der Waals surface area contributed by atoms with Crippen LogP contribution in [0.2, 0.25) is 0 Å². The molecule has 0 bridgehead atoms. The van der Waals surface area contributed by atoms with E-state index in [1.165, 1.54) is 28.1 Å². The van der Waals surface area contributed by atoms with Crippen molar-refractivity contribution in [2.24, 2.45) is 12.0 Å². The second-order valence-electron chi connectivity index (χ2n) is 6.10. The molecule has 0 aliphatic heterocycles. The number of rotatable bonds is 7. The van der Waals surface area contributed by atoms with Crippen LogP contribution in [0.5, 0.6) is 0 Å². The third-order valence-corrected chi connectivity index (χ3v) is 4.63. The van der Waals surface area contributed by atoms with Crippen LogP contribution in [-0.4, -0.2) is 22.8 Å². The molecule has 2 aromatic rings. The molecule has 0 amide bonds. The third kappa shape index (κ3) is 4.62. The third-order valence-electron chi connectivity index (χ3n) is 4.63. The minimum atomic E-state index is 0.745. The van der Waals surface area contributed by atoms with Gasteiger partial charge in [0, 0.05) is 38.4 Å². The average molecular weight is 342 g/mol. The number of guanidine groups is 1. The molecule has 25 heavy (non-hydrogen) atoms. The zero-order valence-electron chi connectivity index (χ0n) is 16.2. The summed E-state index contributed by atoms with van der Waals surface area (Å²) in [6.07, 6.45) is 2.97. The van der Waals surface area contributed by atoms with Crippen molar-refractivity contribution in [2.45, 2.75) is 53.1 Å². The molecule has 0 fully saturated rings. The van der Waals surface area contributed by atoms with E-state index in [0.717, 1.165) is 38.3 Å². The van der Waals surface area contributed by atoms with Gasteiger partial charge in [-0.2, -0.15) is 5.10 Å². The largest absolute Gasteiger partial charge is 0.352 e. The highest BCUT2D eigenvalue weighted by atomic mass is 15.3. The summed E-state index contributed by atoms with van der Waals surface area (Å²) in [5, 5.41) is 11.5. The molecular weight excluding hydrogens is 310 g/mol.